The Hall–Kier alpha value is -3.38. The smallest absolute Gasteiger partial charge is 0.410 e. The summed E-state index contributed by atoms with van der Waals surface area (Å²) >= 11 is 0. The van der Waals surface area contributed by atoms with Crippen molar-refractivity contribution in [3.05, 3.63) is 46.6 Å². The van der Waals surface area contributed by atoms with Crippen molar-refractivity contribution >= 4 is 11.9 Å². The van der Waals surface area contributed by atoms with Gasteiger partial charge < -0.3 is 24.2 Å². The van der Waals surface area contributed by atoms with E-state index in [0.717, 1.165) is 56.6 Å². The molecule has 224 valence electrons. The van der Waals surface area contributed by atoms with Crippen molar-refractivity contribution in [3.63, 3.8) is 0 Å². The van der Waals surface area contributed by atoms with Crippen LogP contribution >= 0.6 is 0 Å². The van der Waals surface area contributed by atoms with E-state index in [1.165, 1.54) is 23.1 Å². The number of benzene rings is 1. The molecule has 1 aromatic heterocycles. The van der Waals surface area contributed by atoms with Gasteiger partial charge >= 0.3 is 12.1 Å². The summed E-state index contributed by atoms with van der Waals surface area (Å²) in [6.45, 7) is 8.90. The molecule has 0 bridgehead atoms. The highest BCUT2D eigenvalue weighted by molar-refractivity contribution is 5.69. The Kier molecular flexibility index (Phi) is 7.77. The summed E-state index contributed by atoms with van der Waals surface area (Å²) in [5.74, 6) is 0.914. The molecule has 1 amide bonds. The van der Waals surface area contributed by atoms with Crippen LogP contribution in [0.3, 0.4) is 0 Å². The molecule has 2 saturated heterocycles. The molecule has 3 heterocycles. The number of fused-ring (bicyclic) bond motifs is 2. The molecular weight excluding hydrogens is 528 g/mol. The number of amides is 1. The number of piperazine rings is 1. The molecule has 2 fully saturated rings. The summed E-state index contributed by atoms with van der Waals surface area (Å²) in [7, 11) is 2.15. The number of likely N-dealkylation sites (N-methyl/N-ethyl adjacent to an activating group) is 1. The van der Waals surface area contributed by atoms with Crippen molar-refractivity contribution in [2.75, 3.05) is 44.7 Å². The Morgan fingerprint density at radius 3 is 2.64 bits per heavy atom. The van der Waals surface area contributed by atoms with Crippen molar-refractivity contribution < 1.29 is 14.3 Å². The van der Waals surface area contributed by atoms with Gasteiger partial charge in [-0.3, -0.25) is 0 Å². The maximum atomic E-state index is 13.1. The van der Waals surface area contributed by atoms with Crippen molar-refractivity contribution in [2.45, 2.75) is 89.8 Å². The molecule has 2 aliphatic carbocycles. The Bertz CT molecular complexity index is 1370. The van der Waals surface area contributed by atoms with E-state index >= 15 is 0 Å². The molecule has 0 radical (unpaired) electrons. The number of anilines is 1. The molecule has 1 aromatic carbocycles. The quantitative estimate of drug-likeness (QED) is 0.515. The fraction of sp³-hybridized carbons (Fsp3) is 0.636. The van der Waals surface area contributed by atoms with Crippen LogP contribution in [0, 0.1) is 16.7 Å². The number of carbonyl (C=O) groups excluding carboxylic acids is 1. The third-order valence-electron chi connectivity index (χ3n) is 9.57. The van der Waals surface area contributed by atoms with Crippen LogP contribution in [0.15, 0.2) is 24.3 Å². The maximum absolute atomic E-state index is 13.1. The van der Waals surface area contributed by atoms with Crippen LogP contribution in [0.5, 0.6) is 6.01 Å². The zero-order valence-electron chi connectivity index (χ0n) is 25.6. The second kappa shape index (κ2) is 11.4. The van der Waals surface area contributed by atoms with Crippen LogP contribution in [0.2, 0.25) is 0 Å². The predicted octanol–water partition coefficient (Wildman–Crippen LogP) is 4.56. The zero-order valence-corrected chi connectivity index (χ0v) is 25.6. The average Bonchev–Trinajstić information content (AvgIpc) is 3.52. The minimum atomic E-state index is -0.592. The lowest BCUT2D eigenvalue weighted by atomic mass is 9.70. The highest BCUT2D eigenvalue weighted by Crippen LogP contribution is 2.48. The third-order valence-corrected chi connectivity index (χ3v) is 9.57. The number of aromatic nitrogens is 2. The van der Waals surface area contributed by atoms with Crippen molar-refractivity contribution in [1.82, 2.24) is 19.8 Å². The van der Waals surface area contributed by atoms with Gasteiger partial charge in [0.1, 0.15) is 18.0 Å². The summed E-state index contributed by atoms with van der Waals surface area (Å²) in [4.78, 5) is 29.5. The fourth-order valence-corrected chi connectivity index (χ4v) is 7.36. The van der Waals surface area contributed by atoms with Gasteiger partial charge in [0.25, 0.3) is 0 Å². The molecule has 4 aliphatic rings. The first-order chi connectivity index (χ1) is 20.1. The molecule has 42 heavy (non-hydrogen) atoms. The number of hydrogen-bond acceptors (Lipinski definition) is 8. The number of nitriles is 1. The van der Waals surface area contributed by atoms with E-state index in [0.29, 0.717) is 38.3 Å². The van der Waals surface area contributed by atoms with E-state index in [9.17, 15) is 10.1 Å². The molecule has 2 aliphatic heterocycles. The number of likely N-dealkylation sites (tertiary alicyclic amines) is 1. The second-order valence-corrected chi connectivity index (χ2v) is 13.8. The number of rotatable bonds is 5. The molecule has 9 heteroatoms. The molecule has 9 nitrogen and oxygen atoms in total. The Balaban J connectivity index is 1.28. The Morgan fingerprint density at radius 1 is 1.10 bits per heavy atom. The minimum Gasteiger partial charge on any atom is -0.462 e. The predicted molar refractivity (Wildman–Crippen MR) is 161 cm³/mol. The van der Waals surface area contributed by atoms with E-state index < -0.39 is 5.60 Å². The first-order valence-corrected chi connectivity index (χ1v) is 15.5. The molecule has 0 saturated carbocycles. The lowest BCUT2D eigenvalue weighted by Gasteiger charge is -2.42. The SMILES string of the molecule is CN1CCC[C@H]1COc1nc2c(c(N3CCN(C(=O)OC(C)(C)C)[C@@H](CC#N)C3)n1)C[C@]1(CCc3ccccc3C1)C2. The fourth-order valence-electron chi connectivity index (χ4n) is 7.36. The number of ether oxygens (including phenoxy) is 2. The van der Waals surface area contributed by atoms with Gasteiger partial charge in [0.2, 0.25) is 0 Å². The van der Waals surface area contributed by atoms with Gasteiger partial charge in [0.05, 0.1) is 24.2 Å². The average molecular weight is 573 g/mol. The summed E-state index contributed by atoms with van der Waals surface area (Å²) in [6.07, 6.45) is 7.31. The van der Waals surface area contributed by atoms with Gasteiger partial charge in [0.15, 0.2) is 0 Å². The van der Waals surface area contributed by atoms with Crippen LogP contribution in [0.25, 0.3) is 0 Å². The van der Waals surface area contributed by atoms with Crippen LogP contribution in [-0.4, -0.2) is 83.4 Å². The Labute approximate surface area is 249 Å². The first-order valence-electron chi connectivity index (χ1n) is 15.5. The van der Waals surface area contributed by atoms with Gasteiger partial charge in [-0.05, 0) is 95.9 Å². The molecule has 0 N–H and O–H groups in total. The third kappa shape index (κ3) is 5.92. The van der Waals surface area contributed by atoms with E-state index in [-0.39, 0.29) is 24.0 Å². The standard InChI is InChI=1S/C33H44N6O3/c1-32(2,3)42-31(40)39-17-16-38(21-25(39)12-14-34)29-27-19-33(13-11-23-8-5-6-9-24(23)18-33)20-28(27)35-30(36-29)41-22-26-10-7-15-37(26)4/h5-6,8-9,25-26H,7,10-13,15-22H2,1-4H3/t25-,26-,33+/m0/s1. The number of aryl methyl sites for hydroxylation is 1. The van der Waals surface area contributed by atoms with Crippen LogP contribution in [0.1, 0.15) is 68.8 Å². The topological polar surface area (TPSA) is 94.8 Å². The lowest BCUT2D eigenvalue weighted by molar-refractivity contribution is 0.0144. The summed E-state index contributed by atoms with van der Waals surface area (Å²) in [5, 5.41) is 9.65. The molecule has 0 unspecified atom stereocenters. The summed E-state index contributed by atoms with van der Waals surface area (Å²) < 4.78 is 12.0. The van der Waals surface area contributed by atoms with E-state index in [1.54, 1.807) is 4.90 Å². The number of nitrogens with zero attached hydrogens (tertiary/aromatic N) is 6. The summed E-state index contributed by atoms with van der Waals surface area (Å²) in [6, 6.07) is 11.7. The van der Waals surface area contributed by atoms with E-state index in [1.807, 2.05) is 20.8 Å². The lowest BCUT2D eigenvalue weighted by Crippen LogP contribution is -2.56. The van der Waals surface area contributed by atoms with E-state index in [2.05, 4.69) is 47.2 Å². The van der Waals surface area contributed by atoms with Gasteiger partial charge in [-0.1, -0.05) is 24.3 Å². The molecule has 1 spiro atoms. The van der Waals surface area contributed by atoms with Gasteiger partial charge in [-0.25, -0.2) is 4.79 Å². The van der Waals surface area contributed by atoms with Crippen LogP contribution in [0.4, 0.5) is 10.6 Å². The number of carbonyl (C=O) groups is 1. The van der Waals surface area contributed by atoms with Gasteiger partial charge in [0, 0.05) is 31.2 Å². The monoisotopic (exact) mass is 572 g/mol. The van der Waals surface area contributed by atoms with Crippen LogP contribution in [-0.2, 0) is 30.4 Å². The molecule has 3 atom stereocenters. The first kappa shape index (κ1) is 28.7. The van der Waals surface area contributed by atoms with Crippen LogP contribution < -0.4 is 9.64 Å². The minimum absolute atomic E-state index is 0.134. The second-order valence-electron chi connectivity index (χ2n) is 13.8. The van der Waals surface area contributed by atoms with Crippen molar-refractivity contribution in [2.24, 2.45) is 5.41 Å². The molecule has 2 aromatic rings. The molecular formula is C33H44N6O3. The highest BCUT2D eigenvalue weighted by Gasteiger charge is 2.44. The highest BCUT2D eigenvalue weighted by atomic mass is 16.6. The molecule has 6 rings (SSSR count). The normalized spacial score (nSPS) is 25.7. The largest absolute Gasteiger partial charge is 0.462 e. The van der Waals surface area contributed by atoms with Gasteiger partial charge in [-0.2, -0.15) is 15.2 Å². The zero-order chi connectivity index (χ0) is 29.5. The number of hydrogen-bond donors (Lipinski definition) is 0. The van der Waals surface area contributed by atoms with Gasteiger partial charge in [-0.15, -0.1) is 0 Å². The van der Waals surface area contributed by atoms with Crippen molar-refractivity contribution in [3.8, 4) is 12.1 Å². The van der Waals surface area contributed by atoms with Crippen molar-refractivity contribution in [1.29, 1.82) is 5.26 Å². The maximum Gasteiger partial charge on any atom is 0.410 e. The van der Waals surface area contributed by atoms with E-state index in [4.69, 9.17) is 19.4 Å². The summed E-state index contributed by atoms with van der Waals surface area (Å²) in [5.41, 5.74) is 4.77. The Morgan fingerprint density at radius 2 is 1.90 bits per heavy atom.